The van der Waals surface area contributed by atoms with E-state index < -0.39 is 23.5 Å². The van der Waals surface area contributed by atoms with Gasteiger partial charge in [0.15, 0.2) is 0 Å². The third-order valence-corrected chi connectivity index (χ3v) is 2.03. The van der Waals surface area contributed by atoms with Crippen molar-refractivity contribution in [3.05, 3.63) is 0 Å². The average Bonchev–Trinajstić information content (AvgIpc) is 1.85. The first-order chi connectivity index (χ1) is 5.28. The van der Waals surface area contributed by atoms with Gasteiger partial charge >= 0.3 is 0 Å². The van der Waals surface area contributed by atoms with Gasteiger partial charge in [-0.05, 0) is 27.2 Å². The Bertz CT molecular complexity index is 166. The maximum absolute atomic E-state index is 10.8. The second-order valence-electron chi connectivity index (χ2n) is 3.69. The van der Waals surface area contributed by atoms with E-state index in [0.717, 1.165) is 0 Å². The van der Waals surface area contributed by atoms with Gasteiger partial charge in [0.05, 0.1) is 17.6 Å². The van der Waals surface area contributed by atoms with Crippen molar-refractivity contribution in [2.45, 2.75) is 39.4 Å². The van der Waals surface area contributed by atoms with E-state index >= 15 is 0 Å². The molecule has 2 unspecified atom stereocenters. The van der Waals surface area contributed by atoms with E-state index in [1.165, 1.54) is 0 Å². The van der Waals surface area contributed by atoms with Gasteiger partial charge in [-0.2, -0.15) is 0 Å². The quantitative estimate of drug-likeness (QED) is 0.545. The van der Waals surface area contributed by atoms with Crippen LogP contribution in [-0.4, -0.2) is 28.3 Å². The van der Waals surface area contributed by atoms with Crippen LogP contribution in [0.25, 0.3) is 0 Å². The summed E-state index contributed by atoms with van der Waals surface area (Å²) in [6, 6.07) is 0. The lowest BCUT2D eigenvalue weighted by molar-refractivity contribution is -0.132. The van der Waals surface area contributed by atoms with Crippen molar-refractivity contribution in [3.8, 4) is 0 Å². The molecule has 0 spiro atoms. The highest BCUT2D eigenvalue weighted by Crippen LogP contribution is 2.23. The topological polar surface area (TPSA) is 83.6 Å². The van der Waals surface area contributed by atoms with Gasteiger partial charge in [-0.1, -0.05) is 0 Å². The Balaban J connectivity index is 4.25. The number of aliphatic hydroxyl groups excluding tert-OH is 2. The maximum Gasteiger partial charge on any atom is 0.225 e. The Morgan fingerprint density at radius 3 is 2.17 bits per heavy atom. The van der Waals surface area contributed by atoms with Crippen molar-refractivity contribution in [1.29, 1.82) is 0 Å². The molecule has 0 radical (unpaired) electrons. The Kier molecular flexibility index (Phi) is 3.67. The summed E-state index contributed by atoms with van der Waals surface area (Å²) in [4.78, 5) is 10.8. The predicted octanol–water partition coefficient (Wildman–Crippen LogP) is -0.370. The molecule has 0 heterocycles. The van der Waals surface area contributed by atoms with Crippen LogP contribution in [0.4, 0.5) is 0 Å². The fraction of sp³-hybridized carbons (Fsp3) is 0.875. The van der Waals surface area contributed by atoms with Crippen LogP contribution in [-0.2, 0) is 4.79 Å². The van der Waals surface area contributed by atoms with E-state index in [-0.39, 0.29) is 6.42 Å². The Labute approximate surface area is 72.4 Å². The minimum atomic E-state index is -0.975. The van der Waals surface area contributed by atoms with E-state index in [4.69, 9.17) is 10.8 Å². The summed E-state index contributed by atoms with van der Waals surface area (Å²) < 4.78 is 0. The molecule has 4 N–H and O–H groups in total. The van der Waals surface area contributed by atoms with E-state index in [2.05, 4.69) is 0 Å². The monoisotopic (exact) mass is 175 g/mol. The maximum atomic E-state index is 10.8. The van der Waals surface area contributed by atoms with Crippen LogP contribution in [0.15, 0.2) is 0 Å². The van der Waals surface area contributed by atoms with Crippen molar-refractivity contribution in [2.24, 2.45) is 11.1 Å². The highest BCUT2D eigenvalue weighted by atomic mass is 16.3. The lowest BCUT2D eigenvalue weighted by atomic mass is 9.83. The van der Waals surface area contributed by atoms with E-state index in [1.807, 2.05) is 0 Å². The Hall–Kier alpha value is -0.610. The van der Waals surface area contributed by atoms with Gasteiger partial charge in [-0.25, -0.2) is 0 Å². The lowest BCUT2D eigenvalue weighted by Gasteiger charge is -2.27. The van der Waals surface area contributed by atoms with Gasteiger partial charge in [0.25, 0.3) is 0 Å². The second kappa shape index (κ2) is 3.87. The third kappa shape index (κ3) is 2.79. The molecule has 72 valence electrons. The Morgan fingerprint density at radius 2 is 1.92 bits per heavy atom. The Morgan fingerprint density at radius 1 is 1.50 bits per heavy atom. The predicted molar refractivity (Wildman–Crippen MR) is 45.3 cm³/mol. The van der Waals surface area contributed by atoms with Gasteiger partial charge in [0.1, 0.15) is 0 Å². The van der Waals surface area contributed by atoms with Crippen molar-refractivity contribution in [1.82, 2.24) is 0 Å². The fourth-order valence-corrected chi connectivity index (χ4v) is 0.782. The minimum absolute atomic E-state index is 0.163. The number of nitrogens with two attached hydrogens (primary N) is 1. The van der Waals surface area contributed by atoms with Crippen LogP contribution < -0.4 is 5.73 Å². The van der Waals surface area contributed by atoms with Crippen LogP contribution >= 0.6 is 0 Å². The molecule has 0 aromatic carbocycles. The number of primary amides is 1. The molecular formula is C8H17NO3. The molecule has 0 saturated heterocycles. The highest BCUT2D eigenvalue weighted by Gasteiger charge is 2.34. The second-order valence-corrected chi connectivity index (χ2v) is 3.69. The van der Waals surface area contributed by atoms with Crippen LogP contribution in [0.1, 0.15) is 27.2 Å². The summed E-state index contributed by atoms with van der Waals surface area (Å²) in [5.74, 6) is -0.560. The summed E-state index contributed by atoms with van der Waals surface area (Å²) >= 11 is 0. The highest BCUT2D eigenvalue weighted by molar-refractivity contribution is 5.80. The molecule has 0 bridgehead atoms. The number of hydrogen-bond acceptors (Lipinski definition) is 3. The molecule has 0 rings (SSSR count). The number of carbonyl (C=O) groups excluding carboxylic acids is 1. The number of hydrogen-bond donors (Lipinski definition) is 3. The molecule has 0 aliphatic rings. The van der Waals surface area contributed by atoms with E-state index in [0.29, 0.717) is 0 Å². The molecule has 4 heteroatoms. The summed E-state index contributed by atoms with van der Waals surface area (Å²) in [5, 5.41) is 18.4. The fourth-order valence-electron chi connectivity index (χ4n) is 0.782. The summed E-state index contributed by atoms with van der Waals surface area (Å²) in [5.41, 5.74) is 4.09. The molecule has 1 amide bonds. The van der Waals surface area contributed by atoms with E-state index in [1.54, 1.807) is 20.8 Å². The first-order valence-corrected chi connectivity index (χ1v) is 3.94. The van der Waals surface area contributed by atoms with Crippen LogP contribution in [0.3, 0.4) is 0 Å². The van der Waals surface area contributed by atoms with Crippen LogP contribution in [0.5, 0.6) is 0 Å². The molecule has 4 nitrogen and oxygen atoms in total. The van der Waals surface area contributed by atoms with Gasteiger partial charge < -0.3 is 15.9 Å². The van der Waals surface area contributed by atoms with Gasteiger partial charge in [0, 0.05) is 0 Å². The summed E-state index contributed by atoms with van der Waals surface area (Å²) in [7, 11) is 0. The normalized spacial score (nSPS) is 17.1. The third-order valence-electron chi connectivity index (χ3n) is 2.03. The summed E-state index contributed by atoms with van der Waals surface area (Å²) in [6.45, 7) is 4.67. The minimum Gasteiger partial charge on any atom is -0.393 e. The smallest absolute Gasteiger partial charge is 0.225 e. The first kappa shape index (κ1) is 11.4. The number of aliphatic hydroxyl groups is 2. The zero-order chi connectivity index (χ0) is 9.94. The largest absolute Gasteiger partial charge is 0.393 e. The van der Waals surface area contributed by atoms with E-state index in [9.17, 15) is 9.90 Å². The van der Waals surface area contributed by atoms with Crippen LogP contribution in [0, 0.1) is 5.41 Å². The van der Waals surface area contributed by atoms with Gasteiger partial charge in [-0.3, -0.25) is 4.79 Å². The van der Waals surface area contributed by atoms with Crippen molar-refractivity contribution in [3.63, 3.8) is 0 Å². The first-order valence-electron chi connectivity index (χ1n) is 3.94. The zero-order valence-corrected chi connectivity index (χ0v) is 7.74. The number of amides is 1. The number of carbonyl (C=O) groups is 1. The molecule has 0 aliphatic carbocycles. The van der Waals surface area contributed by atoms with Crippen molar-refractivity contribution >= 4 is 5.91 Å². The molecule has 0 fully saturated rings. The molecule has 2 atom stereocenters. The molecule has 0 aromatic rings. The lowest BCUT2D eigenvalue weighted by Crippen LogP contribution is -2.43. The molecule has 0 saturated carbocycles. The van der Waals surface area contributed by atoms with Crippen LogP contribution in [0.2, 0.25) is 0 Å². The van der Waals surface area contributed by atoms with Gasteiger partial charge in [0.2, 0.25) is 5.91 Å². The van der Waals surface area contributed by atoms with Crippen molar-refractivity contribution in [2.75, 3.05) is 0 Å². The SMILES string of the molecule is CC(O)CC(O)C(C)(C)C(N)=O. The molecule has 12 heavy (non-hydrogen) atoms. The molecule has 0 aromatic heterocycles. The van der Waals surface area contributed by atoms with Gasteiger partial charge in [-0.15, -0.1) is 0 Å². The van der Waals surface area contributed by atoms with Crippen molar-refractivity contribution < 1.29 is 15.0 Å². The zero-order valence-electron chi connectivity index (χ0n) is 7.74. The molecule has 0 aliphatic heterocycles. The summed E-state index contributed by atoms with van der Waals surface area (Å²) in [6.07, 6.45) is -1.36. The standard InChI is InChI=1S/C8H17NO3/c1-5(10)4-6(11)8(2,3)7(9)12/h5-6,10-11H,4H2,1-3H3,(H2,9,12). The molecular weight excluding hydrogens is 158 g/mol. The number of rotatable bonds is 4. The average molecular weight is 175 g/mol.